The van der Waals surface area contributed by atoms with Gasteiger partial charge in [-0.05, 0) is 37.3 Å². The predicted molar refractivity (Wildman–Crippen MR) is 92.4 cm³/mol. The Kier molecular flexibility index (Phi) is 6.04. The van der Waals surface area contributed by atoms with Gasteiger partial charge >= 0.3 is 0 Å². The molecule has 0 fully saturated rings. The van der Waals surface area contributed by atoms with Crippen LogP contribution in [0.4, 0.5) is 0 Å². The molecule has 0 aliphatic carbocycles. The van der Waals surface area contributed by atoms with Crippen LogP contribution in [0.2, 0.25) is 0 Å². The zero-order chi connectivity index (χ0) is 16.9. The molecule has 0 aliphatic heterocycles. The minimum absolute atomic E-state index is 0.0842. The molecule has 2 aromatic carbocycles. The van der Waals surface area contributed by atoms with Crippen LogP contribution in [0.5, 0.6) is 11.5 Å². The summed E-state index contributed by atoms with van der Waals surface area (Å²) >= 11 is 3.27. The van der Waals surface area contributed by atoms with Crippen LogP contribution < -0.4 is 14.2 Å². The molecule has 23 heavy (non-hydrogen) atoms. The number of nitrogens with one attached hydrogen (secondary N) is 1. The lowest BCUT2D eigenvalue weighted by Gasteiger charge is -2.16. The minimum Gasteiger partial charge on any atom is -0.495 e. The van der Waals surface area contributed by atoms with E-state index in [0.717, 1.165) is 0 Å². The fraction of sp³-hybridized carbons (Fsp3) is 0.250. The molecule has 0 radical (unpaired) electrons. The van der Waals surface area contributed by atoms with E-state index in [-0.39, 0.29) is 17.3 Å². The maximum Gasteiger partial charge on any atom is 0.244 e. The van der Waals surface area contributed by atoms with Gasteiger partial charge < -0.3 is 9.47 Å². The summed E-state index contributed by atoms with van der Waals surface area (Å²) in [5.41, 5.74) is 0. The average molecular weight is 400 g/mol. The molecule has 0 aliphatic rings. The van der Waals surface area contributed by atoms with E-state index in [1.807, 2.05) is 30.3 Å². The highest BCUT2D eigenvalue weighted by Crippen LogP contribution is 2.27. The summed E-state index contributed by atoms with van der Waals surface area (Å²) < 4.78 is 39.0. The molecule has 1 atom stereocenters. The van der Waals surface area contributed by atoms with Crippen molar-refractivity contribution in [2.45, 2.75) is 17.9 Å². The number of para-hydroxylation sites is 1. The van der Waals surface area contributed by atoms with E-state index in [2.05, 4.69) is 20.7 Å². The van der Waals surface area contributed by atoms with Crippen LogP contribution in [0.1, 0.15) is 6.92 Å². The summed E-state index contributed by atoms with van der Waals surface area (Å²) in [5.74, 6) is 0.982. The van der Waals surface area contributed by atoms with Crippen LogP contribution in [0.3, 0.4) is 0 Å². The number of rotatable bonds is 7. The Morgan fingerprint density at radius 3 is 2.52 bits per heavy atom. The number of methoxy groups -OCH3 is 1. The molecule has 5 nitrogen and oxygen atoms in total. The van der Waals surface area contributed by atoms with Crippen molar-refractivity contribution >= 4 is 26.0 Å². The van der Waals surface area contributed by atoms with Gasteiger partial charge in [0.2, 0.25) is 10.0 Å². The molecule has 1 N–H and O–H groups in total. The molecule has 0 bridgehead atoms. The zero-order valence-electron chi connectivity index (χ0n) is 12.8. The second kappa shape index (κ2) is 7.81. The van der Waals surface area contributed by atoms with Gasteiger partial charge in [-0.15, -0.1) is 0 Å². The minimum atomic E-state index is -3.71. The van der Waals surface area contributed by atoms with Gasteiger partial charge in [0.15, 0.2) is 0 Å². The topological polar surface area (TPSA) is 64.6 Å². The van der Waals surface area contributed by atoms with Crippen molar-refractivity contribution in [3.63, 3.8) is 0 Å². The van der Waals surface area contributed by atoms with E-state index in [9.17, 15) is 8.42 Å². The SMILES string of the molecule is COc1ccc(Br)cc1S(=O)(=O)N[C@H](C)COc1ccccc1. The average Bonchev–Trinajstić information content (AvgIpc) is 2.53. The Bertz CT molecular complexity index is 750. The standard InChI is InChI=1S/C16H18BrNO4S/c1-12(11-22-14-6-4-3-5-7-14)18-23(19,20)16-10-13(17)8-9-15(16)21-2/h3-10,12,18H,11H2,1-2H3/t12-/m1/s1. The van der Waals surface area contributed by atoms with E-state index in [1.54, 1.807) is 19.1 Å². The van der Waals surface area contributed by atoms with Crippen LogP contribution in [0, 0.1) is 0 Å². The second-order valence-corrected chi connectivity index (χ2v) is 7.54. The van der Waals surface area contributed by atoms with Crippen LogP contribution in [0.15, 0.2) is 57.9 Å². The molecule has 7 heteroatoms. The van der Waals surface area contributed by atoms with Gasteiger partial charge in [0.25, 0.3) is 0 Å². The summed E-state index contributed by atoms with van der Waals surface area (Å²) in [6, 6.07) is 13.7. The number of halogens is 1. The fourth-order valence-electron chi connectivity index (χ4n) is 1.96. The summed E-state index contributed by atoms with van der Waals surface area (Å²) in [6.07, 6.45) is 0. The molecular weight excluding hydrogens is 382 g/mol. The van der Waals surface area contributed by atoms with Crippen LogP contribution in [-0.2, 0) is 10.0 Å². The van der Waals surface area contributed by atoms with Gasteiger partial charge in [0.1, 0.15) is 23.0 Å². The molecule has 0 amide bonds. The monoisotopic (exact) mass is 399 g/mol. The number of hydrogen-bond donors (Lipinski definition) is 1. The highest BCUT2D eigenvalue weighted by molar-refractivity contribution is 9.10. The lowest BCUT2D eigenvalue weighted by molar-refractivity contribution is 0.287. The van der Waals surface area contributed by atoms with Crippen LogP contribution in [-0.4, -0.2) is 28.2 Å². The third-order valence-corrected chi connectivity index (χ3v) is 5.12. The predicted octanol–water partition coefficient (Wildman–Crippen LogP) is 3.20. The molecule has 0 unspecified atom stereocenters. The van der Waals surface area contributed by atoms with Crippen molar-refractivity contribution in [3.05, 3.63) is 53.0 Å². The van der Waals surface area contributed by atoms with Gasteiger partial charge in [-0.3, -0.25) is 0 Å². The molecule has 0 spiro atoms. The first kappa shape index (κ1) is 17.8. The molecular formula is C16H18BrNO4S. The quantitative estimate of drug-likeness (QED) is 0.776. The Hall–Kier alpha value is -1.57. The maximum absolute atomic E-state index is 12.5. The van der Waals surface area contributed by atoms with Gasteiger partial charge in [-0.25, -0.2) is 13.1 Å². The molecule has 124 valence electrons. The van der Waals surface area contributed by atoms with Crippen molar-refractivity contribution < 1.29 is 17.9 Å². The van der Waals surface area contributed by atoms with Gasteiger partial charge in [0, 0.05) is 4.47 Å². The lowest BCUT2D eigenvalue weighted by Crippen LogP contribution is -2.36. The largest absolute Gasteiger partial charge is 0.495 e. The number of sulfonamides is 1. The highest BCUT2D eigenvalue weighted by atomic mass is 79.9. The van der Waals surface area contributed by atoms with E-state index in [4.69, 9.17) is 9.47 Å². The van der Waals surface area contributed by atoms with Gasteiger partial charge in [-0.1, -0.05) is 34.1 Å². The highest BCUT2D eigenvalue weighted by Gasteiger charge is 2.22. The van der Waals surface area contributed by atoms with E-state index < -0.39 is 16.1 Å². The van der Waals surface area contributed by atoms with E-state index in [1.165, 1.54) is 13.2 Å². The molecule has 0 heterocycles. The molecule has 0 saturated heterocycles. The van der Waals surface area contributed by atoms with Crippen LogP contribution >= 0.6 is 15.9 Å². The van der Waals surface area contributed by atoms with Crippen molar-refractivity contribution in [2.24, 2.45) is 0 Å². The zero-order valence-corrected chi connectivity index (χ0v) is 15.2. The van der Waals surface area contributed by atoms with E-state index in [0.29, 0.717) is 10.2 Å². The summed E-state index contributed by atoms with van der Waals surface area (Å²) in [5, 5.41) is 0. The fourth-order valence-corrected chi connectivity index (χ4v) is 3.90. The molecule has 2 rings (SSSR count). The number of hydrogen-bond acceptors (Lipinski definition) is 4. The normalized spacial score (nSPS) is 12.7. The van der Waals surface area contributed by atoms with Crippen molar-refractivity contribution in [1.82, 2.24) is 4.72 Å². The molecule has 0 aromatic heterocycles. The third-order valence-electron chi connectivity index (χ3n) is 3.01. The Morgan fingerprint density at radius 1 is 1.17 bits per heavy atom. The van der Waals surface area contributed by atoms with Crippen LogP contribution in [0.25, 0.3) is 0 Å². The third kappa shape index (κ3) is 4.95. The summed E-state index contributed by atoms with van der Waals surface area (Å²) in [7, 11) is -2.28. The Morgan fingerprint density at radius 2 is 1.87 bits per heavy atom. The smallest absolute Gasteiger partial charge is 0.244 e. The molecule has 0 saturated carbocycles. The molecule has 2 aromatic rings. The van der Waals surface area contributed by atoms with Gasteiger partial charge in [-0.2, -0.15) is 0 Å². The first-order valence-electron chi connectivity index (χ1n) is 6.96. The Balaban J connectivity index is 2.07. The first-order chi connectivity index (χ1) is 10.9. The summed E-state index contributed by atoms with van der Waals surface area (Å²) in [6.45, 7) is 1.96. The van der Waals surface area contributed by atoms with Crippen molar-refractivity contribution in [2.75, 3.05) is 13.7 Å². The first-order valence-corrected chi connectivity index (χ1v) is 9.23. The number of benzene rings is 2. The van der Waals surface area contributed by atoms with E-state index >= 15 is 0 Å². The maximum atomic E-state index is 12.5. The lowest BCUT2D eigenvalue weighted by atomic mass is 10.3. The van der Waals surface area contributed by atoms with Crippen molar-refractivity contribution in [1.29, 1.82) is 0 Å². The van der Waals surface area contributed by atoms with Gasteiger partial charge in [0.05, 0.1) is 13.2 Å². The second-order valence-electron chi connectivity index (χ2n) is 4.94. The van der Waals surface area contributed by atoms with Crippen molar-refractivity contribution in [3.8, 4) is 11.5 Å². The summed E-state index contributed by atoms with van der Waals surface area (Å²) in [4.78, 5) is 0.0842. The number of ether oxygens (including phenoxy) is 2. The Labute approximate surface area is 144 Å².